The van der Waals surface area contributed by atoms with Crippen molar-refractivity contribution in [2.75, 3.05) is 46.6 Å². The summed E-state index contributed by atoms with van der Waals surface area (Å²) in [6, 6.07) is 19.9. The lowest BCUT2D eigenvalue weighted by molar-refractivity contribution is -0.0597. The van der Waals surface area contributed by atoms with Crippen LogP contribution in [0.5, 0.6) is 0 Å². The molecule has 2 N–H and O–H groups in total. The zero-order chi connectivity index (χ0) is 39.1. The van der Waals surface area contributed by atoms with Gasteiger partial charge < -0.3 is 20.4 Å². The summed E-state index contributed by atoms with van der Waals surface area (Å²) in [4.78, 5) is 32.7. The number of piperidine rings is 2. The van der Waals surface area contributed by atoms with Crippen molar-refractivity contribution in [2.24, 2.45) is 20.0 Å². The van der Waals surface area contributed by atoms with Crippen LogP contribution in [0.25, 0.3) is 5.70 Å². The van der Waals surface area contributed by atoms with E-state index < -0.39 is 12.0 Å². The lowest BCUT2D eigenvalue weighted by atomic mass is 10.0. The monoisotopic (exact) mass is 769 g/mol. The fourth-order valence-electron chi connectivity index (χ4n) is 7.69. The van der Waals surface area contributed by atoms with Crippen molar-refractivity contribution < 1.29 is 13.2 Å². The lowest BCUT2D eigenvalue weighted by Crippen LogP contribution is -2.44. The number of nitrogens with one attached hydrogen (secondary N) is 2. The molecule has 0 unspecified atom stereocenters. The van der Waals surface area contributed by atoms with Gasteiger partial charge in [-0.3, -0.25) is 0 Å². The number of aliphatic imine (C=N–C) groups is 4. The van der Waals surface area contributed by atoms with Gasteiger partial charge in [0.25, 0.3) is 0 Å². The van der Waals surface area contributed by atoms with Gasteiger partial charge in [0.2, 0.25) is 17.8 Å². The number of aryl methyl sites for hydroxylation is 2. The van der Waals surface area contributed by atoms with Crippen molar-refractivity contribution in [3.05, 3.63) is 113 Å². The van der Waals surface area contributed by atoms with E-state index in [0.717, 1.165) is 85.7 Å². The van der Waals surface area contributed by atoms with Crippen molar-refractivity contribution in [1.29, 1.82) is 0 Å². The number of alkyl halides is 3. The number of nitrogens with zero attached hydrogens (tertiary/aromatic N) is 9. The Morgan fingerprint density at radius 2 is 1.12 bits per heavy atom. The van der Waals surface area contributed by atoms with Crippen LogP contribution in [0.4, 0.5) is 47.6 Å². The Hall–Kier alpha value is -6.31. The molecule has 0 amide bonds. The van der Waals surface area contributed by atoms with Gasteiger partial charge in [-0.25, -0.2) is 24.9 Å². The molecule has 5 aliphatic heterocycles. The SMILES string of the molecule is Cc1ccc(Nc2cc(N3CCCCC3)ccc2C2=CC3=CC(c4ccc(N5CCCCC5)cc4Nc4ccc(C)cn4)=NC4=NC(C(F)(F)F)=NC(=N2)N34)nc1. The number of hydrogen-bond donors (Lipinski definition) is 2. The molecule has 0 radical (unpaired) electrons. The van der Waals surface area contributed by atoms with Crippen LogP contribution in [0.2, 0.25) is 0 Å². The summed E-state index contributed by atoms with van der Waals surface area (Å²) in [6.07, 6.45) is 9.28. The number of benzene rings is 2. The van der Waals surface area contributed by atoms with E-state index in [9.17, 15) is 13.2 Å². The van der Waals surface area contributed by atoms with Crippen LogP contribution in [0.15, 0.2) is 111 Å². The zero-order valence-electron chi connectivity index (χ0n) is 31.8. The number of anilines is 6. The smallest absolute Gasteiger partial charge is 0.371 e. The van der Waals surface area contributed by atoms with Gasteiger partial charge in [0, 0.05) is 61.1 Å². The summed E-state index contributed by atoms with van der Waals surface area (Å²) in [5.74, 6) is -0.379. The lowest BCUT2D eigenvalue weighted by Gasteiger charge is -2.34. The van der Waals surface area contributed by atoms with Gasteiger partial charge in [-0.1, -0.05) is 12.1 Å². The highest BCUT2D eigenvalue weighted by Crippen LogP contribution is 2.39. The molecule has 14 heteroatoms. The molecule has 0 atom stereocenters. The van der Waals surface area contributed by atoms with Gasteiger partial charge >= 0.3 is 6.18 Å². The van der Waals surface area contributed by atoms with Crippen molar-refractivity contribution >= 4 is 63.5 Å². The van der Waals surface area contributed by atoms with E-state index >= 15 is 0 Å². The number of guanidine groups is 2. The predicted octanol–water partition coefficient (Wildman–Crippen LogP) is 9.29. The van der Waals surface area contributed by atoms with Crippen LogP contribution in [0.1, 0.15) is 60.8 Å². The number of allylic oxidation sites excluding steroid dienone is 2. The van der Waals surface area contributed by atoms with Crippen LogP contribution >= 0.6 is 0 Å². The minimum atomic E-state index is -4.83. The minimum Gasteiger partial charge on any atom is -0.371 e. The second-order valence-corrected chi connectivity index (χ2v) is 14.9. The van der Waals surface area contributed by atoms with Gasteiger partial charge in [0.1, 0.15) is 11.6 Å². The number of aromatic nitrogens is 2. The van der Waals surface area contributed by atoms with Crippen molar-refractivity contribution in [3.8, 4) is 0 Å². The highest BCUT2D eigenvalue weighted by molar-refractivity contribution is 6.26. The number of rotatable bonds is 8. The van der Waals surface area contributed by atoms with E-state index in [1.54, 1.807) is 12.4 Å². The summed E-state index contributed by atoms with van der Waals surface area (Å²) < 4.78 is 43.3. The minimum absolute atomic E-state index is 0.166. The Morgan fingerprint density at radius 1 is 0.579 bits per heavy atom. The first kappa shape index (κ1) is 36.3. The fourth-order valence-corrected chi connectivity index (χ4v) is 7.69. The Kier molecular flexibility index (Phi) is 9.55. The van der Waals surface area contributed by atoms with Gasteiger partial charge in [-0.05, 0) is 124 Å². The number of pyridine rings is 2. The molecule has 57 heavy (non-hydrogen) atoms. The molecule has 2 aromatic heterocycles. The summed E-state index contributed by atoms with van der Waals surface area (Å²) >= 11 is 0. The van der Waals surface area contributed by atoms with Gasteiger partial charge in [-0.15, -0.1) is 0 Å². The van der Waals surface area contributed by atoms with Crippen LogP contribution in [-0.4, -0.2) is 70.7 Å². The molecular formula is C43H42F3N11. The summed E-state index contributed by atoms with van der Waals surface area (Å²) in [7, 11) is 0. The van der Waals surface area contributed by atoms with Gasteiger partial charge in [-0.2, -0.15) is 23.2 Å². The third-order valence-electron chi connectivity index (χ3n) is 10.7. The largest absolute Gasteiger partial charge is 0.451 e. The molecule has 2 fully saturated rings. The third-order valence-corrected chi connectivity index (χ3v) is 10.7. The fraction of sp³-hybridized carbons (Fsp3) is 0.302. The molecule has 290 valence electrons. The number of amidine groups is 1. The second-order valence-electron chi connectivity index (χ2n) is 14.9. The van der Waals surface area contributed by atoms with Crippen LogP contribution in [0, 0.1) is 13.8 Å². The Morgan fingerprint density at radius 3 is 1.67 bits per heavy atom. The van der Waals surface area contributed by atoms with E-state index in [1.807, 2.05) is 74.5 Å². The topological polar surface area (TPSA) is 109 Å². The molecule has 0 bridgehead atoms. The average molecular weight is 770 g/mol. The maximum Gasteiger partial charge on any atom is 0.451 e. The zero-order valence-corrected chi connectivity index (χ0v) is 31.8. The van der Waals surface area contributed by atoms with Crippen LogP contribution in [0.3, 0.4) is 0 Å². The molecule has 2 aromatic carbocycles. The molecule has 4 aromatic rings. The van der Waals surface area contributed by atoms with Crippen molar-refractivity contribution in [2.45, 2.75) is 58.5 Å². The first-order chi connectivity index (χ1) is 27.6. The normalized spacial score (nSPS) is 18.1. The predicted molar refractivity (Wildman–Crippen MR) is 222 cm³/mol. The number of hydrogen-bond acceptors (Lipinski definition) is 11. The summed E-state index contributed by atoms with van der Waals surface area (Å²) in [5, 5.41) is 6.95. The summed E-state index contributed by atoms with van der Waals surface area (Å²) in [5.41, 5.74) is 8.34. The van der Waals surface area contributed by atoms with E-state index in [-0.39, 0.29) is 11.9 Å². The molecule has 0 spiro atoms. The molecular weight excluding hydrogens is 728 g/mol. The quantitative estimate of drug-likeness (QED) is 0.184. The average Bonchev–Trinajstić information content (AvgIpc) is 3.22. The molecule has 5 aliphatic rings. The highest BCUT2D eigenvalue weighted by atomic mass is 19.4. The Bertz CT molecular complexity index is 2270. The van der Waals surface area contributed by atoms with Crippen molar-refractivity contribution in [1.82, 2.24) is 14.9 Å². The Labute approximate surface area is 329 Å². The molecule has 11 nitrogen and oxygen atoms in total. The molecule has 0 saturated carbocycles. The third kappa shape index (κ3) is 7.63. The first-order valence-electron chi connectivity index (χ1n) is 19.5. The van der Waals surface area contributed by atoms with Gasteiger partial charge in [0.15, 0.2) is 0 Å². The maximum atomic E-state index is 14.4. The molecule has 2 saturated heterocycles. The van der Waals surface area contributed by atoms with E-state index in [0.29, 0.717) is 39.9 Å². The highest BCUT2D eigenvalue weighted by Gasteiger charge is 2.43. The summed E-state index contributed by atoms with van der Waals surface area (Å²) in [6.45, 7) is 7.74. The van der Waals surface area contributed by atoms with E-state index in [1.165, 1.54) is 17.7 Å². The van der Waals surface area contributed by atoms with Crippen molar-refractivity contribution in [3.63, 3.8) is 0 Å². The molecule has 7 heterocycles. The van der Waals surface area contributed by atoms with Crippen LogP contribution in [-0.2, 0) is 0 Å². The van der Waals surface area contributed by atoms with Crippen LogP contribution < -0.4 is 20.4 Å². The maximum absolute atomic E-state index is 14.4. The molecule has 9 rings (SSSR count). The number of halogens is 3. The van der Waals surface area contributed by atoms with Gasteiger partial charge in [0.05, 0.1) is 28.5 Å². The standard InChI is InChI=1S/C43H42F3N11/c1-27-9-15-38(47-25-27)49-34-21-29(55-17-5-3-6-18-55)11-13-32(34)36-23-31-24-37(52-42-54-40(43(44,45)46)53-41(51-36)57(31)42)33-14-12-30(56-19-7-4-8-20-56)22-35(33)50-39-16-10-28(2)26-48-39/h9-16,21-26H,3-8,17-20H2,1-2H3,(H,47,49)(H,48,50). The first-order valence-corrected chi connectivity index (χ1v) is 19.5. The Balaban J connectivity index is 1.17. The second kappa shape index (κ2) is 15.0. The molecule has 0 aliphatic carbocycles. The van der Waals surface area contributed by atoms with E-state index in [2.05, 4.69) is 52.5 Å². The van der Waals surface area contributed by atoms with E-state index in [4.69, 9.17) is 9.98 Å².